The molecule has 0 spiro atoms. The Morgan fingerprint density at radius 1 is 1.03 bits per heavy atom. The number of nitrogens with zero attached hydrogens (tertiary/aromatic N) is 1. The molecule has 5 rings (SSSR count). The summed E-state index contributed by atoms with van der Waals surface area (Å²) in [5.41, 5.74) is 0.851. The molecule has 1 aliphatic rings. The lowest BCUT2D eigenvalue weighted by atomic mass is 9.99. The zero-order valence-electron chi connectivity index (χ0n) is 17.5. The molecule has 0 radical (unpaired) electrons. The summed E-state index contributed by atoms with van der Waals surface area (Å²) in [5, 5.41) is 15.4. The number of ether oxygens (including phenoxy) is 1. The van der Waals surface area contributed by atoms with Crippen molar-refractivity contribution < 1.29 is 19.4 Å². The molecule has 33 heavy (non-hydrogen) atoms. The van der Waals surface area contributed by atoms with Crippen LogP contribution in [-0.2, 0) is 9.59 Å². The first-order valence-corrected chi connectivity index (χ1v) is 11.4. The van der Waals surface area contributed by atoms with Crippen molar-refractivity contribution in [3.8, 4) is 5.75 Å². The normalized spacial score (nSPS) is 17.6. The Balaban J connectivity index is 1.79. The fourth-order valence-electron chi connectivity index (χ4n) is 4.23. The minimum Gasteiger partial charge on any atom is -0.507 e. The number of benzene rings is 3. The highest BCUT2D eigenvalue weighted by Gasteiger charge is 2.48. The van der Waals surface area contributed by atoms with Gasteiger partial charge in [0.15, 0.2) is 0 Å². The number of methoxy groups -OCH3 is 1. The van der Waals surface area contributed by atoms with E-state index in [1.165, 1.54) is 29.4 Å². The van der Waals surface area contributed by atoms with E-state index >= 15 is 0 Å². The molecular weight excluding hydrogens is 458 g/mol. The quantitative estimate of drug-likeness (QED) is 0.217. The lowest BCUT2D eigenvalue weighted by Crippen LogP contribution is -2.29. The van der Waals surface area contributed by atoms with Crippen LogP contribution in [0.2, 0.25) is 5.02 Å². The number of hydrogen-bond donors (Lipinski definition) is 1. The maximum Gasteiger partial charge on any atom is 0.300 e. The fraction of sp³-hybridized carbons (Fsp3) is 0.0769. The monoisotopic (exact) mass is 475 g/mol. The minimum atomic E-state index is -0.792. The zero-order valence-corrected chi connectivity index (χ0v) is 19.1. The molecule has 1 atom stereocenters. The van der Waals surface area contributed by atoms with Crippen molar-refractivity contribution in [3.05, 3.63) is 99.2 Å². The van der Waals surface area contributed by atoms with Gasteiger partial charge in [0.2, 0.25) is 0 Å². The van der Waals surface area contributed by atoms with Crippen LogP contribution in [0.4, 0.5) is 5.69 Å². The molecule has 2 heterocycles. The van der Waals surface area contributed by atoms with Crippen molar-refractivity contribution in [2.45, 2.75) is 6.04 Å². The number of aliphatic hydroxyl groups is 1. The highest BCUT2D eigenvalue weighted by molar-refractivity contribution is 7.10. The molecule has 3 aromatic carbocycles. The number of fused-ring (bicyclic) bond motifs is 1. The lowest BCUT2D eigenvalue weighted by Gasteiger charge is -2.25. The van der Waals surface area contributed by atoms with Crippen molar-refractivity contribution >= 4 is 56.8 Å². The summed E-state index contributed by atoms with van der Waals surface area (Å²) in [7, 11) is 1.46. The minimum absolute atomic E-state index is 0.00375. The smallest absolute Gasteiger partial charge is 0.300 e. The largest absolute Gasteiger partial charge is 0.507 e. The van der Waals surface area contributed by atoms with Gasteiger partial charge in [-0.1, -0.05) is 54.1 Å². The summed E-state index contributed by atoms with van der Waals surface area (Å²) in [5.74, 6) is -1.44. The molecule has 1 N–H and O–H groups in total. The van der Waals surface area contributed by atoms with Crippen LogP contribution in [0, 0.1) is 0 Å². The molecule has 1 amide bonds. The average molecular weight is 476 g/mol. The van der Waals surface area contributed by atoms with E-state index in [2.05, 4.69) is 0 Å². The number of hydrogen-bond acceptors (Lipinski definition) is 5. The van der Waals surface area contributed by atoms with Gasteiger partial charge in [-0.05, 0) is 41.1 Å². The van der Waals surface area contributed by atoms with Crippen LogP contribution in [0.5, 0.6) is 5.75 Å². The number of amides is 1. The average Bonchev–Trinajstić information content (AvgIpc) is 3.45. The summed E-state index contributed by atoms with van der Waals surface area (Å²) < 4.78 is 5.38. The van der Waals surface area contributed by atoms with Gasteiger partial charge in [-0.2, -0.15) is 0 Å². The Morgan fingerprint density at radius 2 is 1.82 bits per heavy atom. The second kappa shape index (κ2) is 8.39. The number of anilines is 1. The van der Waals surface area contributed by atoms with E-state index in [-0.39, 0.29) is 16.9 Å². The predicted molar refractivity (Wildman–Crippen MR) is 131 cm³/mol. The van der Waals surface area contributed by atoms with Crippen LogP contribution in [-0.4, -0.2) is 23.9 Å². The molecule has 1 aliphatic heterocycles. The van der Waals surface area contributed by atoms with Crippen molar-refractivity contribution in [2.75, 3.05) is 12.0 Å². The Hall–Kier alpha value is -3.61. The molecule has 1 saturated heterocycles. The van der Waals surface area contributed by atoms with Gasteiger partial charge < -0.3 is 9.84 Å². The van der Waals surface area contributed by atoms with E-state index in [1.807, 2.05) is 60.0 Å². The van der Waals surface area contributed by atoms with Crippen LogP contribution in [0.25, 0.3) is 16.5 Å². The van der Waals surface area contributed by atoms with Crippen molar-refractivity contribution in [1.29, 1.82) is 0 Å². The van der Waals surface area contributed by atoms with E-state index in [0.717, 1.165) is 15.6 Å². The van der Waals surface area contributed by atoms with Crippen molar-refractivity contribution in [2.24, 2.45) is 0 Å². The molecule has 4 aromatic rings. The number of carbonyl (C=O) groups excluding carboxylic acids is 2. The summed E-state index contributed by atoms with van der Waals surface area (Å²) >= 11 is 7.57. The predicted octanol–water partition coefficient (Wildman–Crippen LogP) is 6.19. The van der Waals surface area contributed by atoms with Crippen LogP contribution in [0.3, 0.4) is 0 Å². The summed E-state index contributed by atoms with van der Waals surface area (Å²) in [6.45, 7) is 0. The zero-order chi connectivity index (χ0) is 23.1. The Bertz CT molecular complexity index is 1420. The SMILES string of the molecule is COc1ccc(Cl)cc1/C(O)=C1/C(=O)C(=O)N(c2cccc3ccccc23)C1c1cccs1. The standard InChI is InChI=1S/C26H18ClNO4S/c1-32-20-12-11-16(27)14-18(20)24(29)22-23(21-10-5-13-33-21)28(26(31)25(22)30)19-9-4-7-15-6-2-3-8-17(15)19/h2-14,23,29H,1H3/b24-22-. The number of Topliss-reactive ketones (excluding diaryl/α,β-unsaturated/α-hetero) is 1. The first-order valence-electron chi connectivity index (χ1n) is 10.2. The van der Waals surface area contributed by atoms with Gasteiger partial charge in [0.05, 0.1) is 23.9 Å². The molecular formula is C26H18ClNO4S. The van der Waals surface area contributed by atoms with Crippen LogP contribution >= 0.6 is 22.9 Å². The summed E-state index contributed by atoms with van der Waals surface area (Å²) in [6, 6.07) is 20.9. The Labute approximate surface area is 199 Å². The number of rotatable bonds is 4. The number of aliphatic hydroxyl groups excluding tert-OH is 1. The number of carbonyl (C=O) groups is 2. The third kappa shape index (κ3) is 3.48. The third-order valence-electron chi connectivity index (χ3n) is 5.70. The summed E-state index contributed by atoms with van der Waals surface area (Å²) in [4.78, 5) is 29.0. The second-order valence-corrected chi connectivity index (χ2v) is 8.94. The maximum atomic E-state index is 13.4. The first kappa shape index (κ1) is 21.2. The van der Waals surface area contributed by atoms with Crippen molar-refractivity contribution in [3.63, 3.8) is 0 Å². The van der Waals surface area contributed by atoms with Crippen molar-refractivity contribution in [1.82, 2.24) is 0 Å². The molecule has 0 bridgehead atoms. The van der Waals surface area contributed by atoms with Crippen LogP contribution in [0.1, 0.15) is 16.5 Å². The van der Waals surface area contributed by atoms with E-state index in [0.29, 0.717) is 16.5 Å². The van der Waals surface area contributed by atoms with Gasteiger partial charge in [0, 0.05) is 15.3 Å². The van der Waals surface area contributed by atoms with Gasteiger partial charge in [-0.15, -0.1) is 11.3 Å². The molecule has 0 saturated carbocycles. The van der Waals surface area contributed by atoms with Gasteiger partial charge in [-0.3, -0.25) is 14.5 Å². The molecule has 0 aliphatic carbocycles. The Kier molecular flexibility index (Phi) is 5.40. The van der Waals surface area contributed by atoms with Gasteiger partial charge in [0.25, 0.3) is 11.7 Å². The van der Waals surface area contributed by atoms with Crippen LogP contribution < -0.4 is 9.64 Å². The molecule has 1 fully saturated rings. The third-order valence-corrected chi connectivity index (χ3v) is 6.86. The number of ketones is 1. The molecule has 1 aromatic heterocycles. The number of thiophene rings is 1. The molecule has 7 heteroatoms. The fourth-order valence-corrected chi connectivity index (χ4v) is 5.22. The topological polar surface area (TPSA) is 66.8 Å². The highest BCUT2D eigenvalue weighted by Crippen LogP contribution is 2.46. The first-order chi connectivity index (χ1) is 16.0. The highest BCUT2D eigenvalue weighted by atomic mass is 35.5. The van der Waals surface area contributed by atoms with E-state index in [4.69, 9.17) is 16.3 Å². The van der Waals surface area contributed by atoms with E-state index < -0.39 is 17.7 Å². The van der Waals surface area contributed by atoms with E-state index in [9.17, 15) is 14.7 Å². The van der Waals surface area contributed by atoms with E-state index in [1.54, 1.807) is 12.1 Å². The van der Waals surface area contributed by atoms with Gasteiger partial charge in [-0.25, -0.2) is 0 Å². The van der Waals surface area contributed by atoms with Gasteiger partial charge >= 0.3 is 0 Å². The van der Waals surface area contributed by atoms with Crippen LogP contribution in [0.15, 0.2) is 83.7 Å². The summed E-state index contributed by atoms with van der Waals surface area (Å²) in [6.07, 6.45) is 0. The Morgan fingerprint density at radius 3 is 2.58 bits per heavy atom. The van der Waals surface area contributed by atoms with Gasteiger partial charge in [0.1, 0.15) is 17.6 Å². The lowest BCUT2D eigenvalue weighted by molar-refractivity contribution is -0.132. The molecule has 1 unspecified atom stereocenters. The second-order valence-electron chi connectivity index (χ2n) is 7.53. The number of halogens is 1. The molecule has 5 nitrogen and oxygen atoms in total. The maximum absolute atomic E-state index is 13.4. The molecule has 164 valence electrons.